The van der Waals surface area contributed by atoms with Gasteiger partial charge in [-0.15, -0.1) is 0 Å². The maximum absolute atomic E-state index is 12.8. The molecule has 6 nitrogen and oxygen atoms in total. The molecule has 3 fully saturated rings. The standard InChI is InChI=1S/C18H29N3O3S/c1-24-8-7-21-17(12-20-11-15-3-2-4-16(20)9-15)10-19-18(21)25(22,23)13-14-5-6-14/h10,14-16H,2-9,11-13H2,1H3/t15-,16+/m1/s1. The number of methoxy groups -OCH3 is 1. The number of sulfone groups is 1. The number of aromatic nitrogens is 2. The van der Waals surface area contributed by atoms with Crippen LogP contribution < -0.4 is 0 Å². The minimum Gasteiger partial charge on any atom is -0.383 e. The number of likely N-dealkylation sites (tertiary alicyclic amines) is 1. The summed E-state index contributed by atoms with van der Waals surface area (Å²) in [6.45, 7) is 3.00. The predicted octanol–water partition coefficient (Wildman–Crippen LogP) is 2.09. The van der Waals surface area contributed by atoms with Crippen molar-refractivity contribution in [3.63, 3.8) is 0 Å². The molecule has 3 aliphatic rings. The second-order valence-electron chi connectivity index (χ2n) is 8.02. The number of fused-ring (bicyclic) bond motifs is 2. The van der Waals surface area contributed by atoms with E-state index in [4.69, 9.17) is 4.74 Å². The summed E-state index contributed by atoms with van der Waals surface area (Å²) in [6, 6.07) is 0.663. The Hall–Kier alpha value is -0.920. The molecule has 0 amide bonds. The fourth-order valence-corrected chi connectivity index (χ4v) is 6.36. The van der Waals surface area contributed by atoms with E-state index < -0.39 is 9.84 Å². The van der Waals surface area contributed by atoms with Gasteiger partial charge >= 0.3 is 0 Å². The third-order valence-electron chi connectivity index (χ3n) is 5.98. The summed E-state index contributed by atoms with van der Waals surface area (Å²) >= 11 is 0. The highest BCUT2D eigenvalue weighted by Gasteiger charge is 2.36. The number of nitrogens with zero attached hydrogens (tertiary/aromatic N) is 3. The van der Waals surface area contributed by atoms with Crippen LogP contribution in [0.4, 0.5) is 0 Å². The van der Waals surface area contributed by atoms with Crippen molar-refractivity contribution in [3.05, 3.63) is 11.9 Å². The molecule has 2 aliphatic carbocycles. The van der Waals surface area contributed by atoms with Gasteiger partial charge in [0.1, 0.15) is 0 Å². The zero-order valence-corrected chi connectivity index (χ0v) is 15.9. The maximum Gasteiger partial charge on any atom is 0.227 e. The predicted molar refractivity (Wildman–Crippen MR) is 95.0 cm³/mol. The van der Waals surface area contributed by atoms with Crippen molar-refractivity contribution >= 4 is 9.84 Å². The molecule has 2 bridgehead atoms. The van der Waals surface area contributed by atoms with E-state index in [0.29, 0.717) is 25.1 Å². The molecule has 1 saturated heterocycles. The second-order valence-corrected chi connectivity index (χ2v) is 9.95. The first kappa shape index (κ1) is 17.5. The molecule has 0 spiro atoms. The molecular weight excluding hydrogens is 338 g/mol. The van der Waals surface area contributed by atoms with Crippen molar-refractivity contribution in [1.82, 2.24) is 14.5 Å². The van der Waals surface area contributed by atoms with Gasteiger partial charge in [-0.2, -0.15) is 0 Å². The molecule has 140 valence electrons. The molecule has 2 heterocycles. The quantitative estimate of drug-likeness (QED) is 0.704. The molecule has 2 saturated carbocycles. The minimum atomic E-state index is -3.31. The van der Waals surface area contributed by atoms with E-state index >= 15 is 0 Å². The van der Waals surface area contributed by atoms with Crippen molar-refractivity contribution in [3.8, 4) is 0 Å². The first-order chi connectivity index (χ1) is 12.1. The molecule has 0 aromatic carbocycles. The van der Waals surface area contributed by atoms with Crippen molar-refractivity contribution < 1.29 is 13.2 Å². The van der Waals surface area contributed by atoms with Gasteiger partial charge in [0.25, 0.3) is 0 Å². The number of rotatable bonds is 8. The minimum absolute atomic E-state index is 0.241. The molecule has 0 radical (unpaired) electrons. The lowest BCUT2D eigenvalue weighted by molar-refractivity contribution is 0.179. The van der Waals surface area contributed by atoms with E-state index in [2.05, 4.69) is 9.88 Å². The van der Waals surface area contributed by atoms with Crippen LogP contribution >= 0.6 is 0 Å². The van der Waals surface area contributed by atoms with Gasteiger partial charge in [-0.1, -0.05) is 6.42 Å². The molecule has 7 heteroatoms. The smallest absolute Gasteiger partial charge is 0.227 e. The Labute approximate surface area is 150 Å². The third-order valence-corrected chi connectivity index (χ3v) is 7.77. The van der Waals surface area contributed by atoms with E-state index in [-0.39, 0.29) is 10.9 Å². The van der Waals surface area contributed by atoms with Gasteiger partial charge in [0.05, 0.1) is 24.3 Å². The highest BCUT2D eigenvalue weighted by molar-refractivity contribution is 7.91. The normalized spacial score (nSPS) is 27.1. The van der Waals surface area contributed by atoms with Gasteiger partial charge in [0.2, 0.25) is 15.0 Å². The number of ether oxygens (including phenoxy) is 1. The molecule has 1 aromatic heterocycles. The molecule has 1 aliphatic heterocycles. The Balaban J connectivity index is 1.56. The fraction of sp³-hybridized carbons (Fsp3) is 0.833. The number of imidazole rings is 1. The molecule has 4 rings (SSSR count). The fourth-order valence-electron chi connectivity index (χ4n) is 4.50. The molecular formula is C18H29N3O3S. The Morgan fingerprint density at radius 2 is 2.12 bits per heavy atom. The van der Waals surface area contributed by atoms with E-state index in [1.54, 1.807) is 13.3 Å². The first-order valence-corrected chi connectivity index (χ1v) is 11.2. The summed E-state index contributed by atoms with van der Waals surface area (Å²) in [5, 5.41) is 0.244. The second kappa shape index (κ2) is 7.00. The molecule has 25 heavy (non-hydrogen) atoms. The summed E-state index contributed by atoms with van der Waals surface area (Å²) in [4.78, 5) is 6.88. The van der Waals surface area contributed by atoms with Gasteiger partial charge < -0.3 is 9.30 Å². The van der Waals surface area contributed by atoms with Gasteiger partial charge in [-0.3, -0.25) is 4.90 Å². The lowest BCUT2D eigenvalue weighted by atomic mass is 9.90. The Kier molecular flexibility index (Phi) is 4.90. The third kappa shape index (κ3) is 3.78. The molecule has 1 aromatic rings. The van der Waals surface area contributed by atoms with Crippen LogP contribution in [0.25, 0.3) is 0 Å². The summed E-state index contributed by atoms with van der Waals surface area (Å²) in [5.74, 6) is 1.40. The van der Waals surface area contributed by atoms with Crippen molar-refractivity contribution in [2.24, 2.45) is 11.8 Å². The summed E-state index contributed by atoms with van der Waals surface area (Å²) in [5.41, 5.74) is 1.01. The zero-order valence-electron chi connectivity index (χ0n) is 15.1. The summed E-state index contributed by atoms with van der Waals surface area (Å²) in [7, 11) is -1.66. The van der Waals surface area contributed by atoms with E-state index in [0.717, 1.165) is 37.5 Å². The van der Waals surface area contributed by atoms with Gasteiger partial charge in [0, 0.05) is 32.8 Å². The highest BCUT2D eigenvalue weighted by atomic mass is 32.2. The van der Waals surface area contributed by atoms with Crippen LogP contribution in [0.3, 0.4) is 0 Å². The van der Waals surface area contributed by atoms with Crippen LogP contribution in [0, 0.1) is 11.8 Å². The van der Waals surface area contributed by atoms with E-state index in [1.807, 2.05) is 4.57 Å². The number of hydrogen-bond donors (Lipinski definition) is 0. The maximum atomic E-state index is 12.8. The van der Waals surface area contributed by atoms with Crippen molar-refractivity contribution in [2.45, 2.75) is 62.8 Å². The van der Waals surface area contributed by atoms with Crippen LogP contribution in [0.5, 0.6) is 0 Å². The monoisotopic (exact) mass is 367 g/mol. The topological polar surface area (TPSA) is 64.4 Å². The lowest BCUT2D eigenvalue weighted by Gasteiger charge is -2.25. The Bertz CT molecular complexity index is 711. The van der Waals surface area contributed by atoms with Crippen molar-refractivity contribution in [2.75, 3.05) is 26.0 Å². The molecule has 0 unspecified atom stereocenters. The van der Waals surface area contributed by atoms with Crippen molar-refractivity contribution in [1.29, 1.82) is 0 Å². The van der Waals surface area contributed by atoms with Gasteiger partial charge in [-0.05, 0) is 43.9 Å². The van der Waals surface area contributed by atoms with Crippen LogP contribution in [0.15, 0.2) is 11.4 Å². The SMILES string of the molecule is COCCn1c(CN2C[C@@H]3CCC[C@H]2C3)cnc1S(=O)(=O)CC1CC1. The average Bonchev–Trinajstić information content (AvgIpc) is 3.22. The molecule has 0 N–H and O–H groups in total. The Morgan fingerprint density at radius 3 is 2.84 bits per heavy atom. The van der Waals surface area contributed by atoms with E-state index in [9.17, 15) is 8.42 Å². The van der Waals surface area contributed by atoms with Crippen LogP contribution in [-0.2, 0) is 27.7 Å². The average molecular weight is 368 g/mol. The number of hydrogen-bond acceptors (Lipinski definition) is 5. The van der Waals surface area contributed by atoms with Crippen LogP contribution in [-0.4, -0.2) is 54.9 Å². The zero-order chi connectivity index (χ0) is 17.4. The first-order valence-electron chi connectivity index (χ1n) is 9.57. The van der Waals surface area contributed by atoms with Gasteiger partial charge in [-0.25, -0.2) is 13.4 Å². The van der Waals surface area contributed by atoms with E-state index in [1.165, 1.54) is 25.7 Å². The summed E-state index contributed by atoms with van der Waals surface area (Å²) in [6.07, 6.45) is 9.09. The lowest BCUT2D eigenvalue weighted by Crippen LogP contribution is -2.30. The molecule has 2 atom stereocenters. The van der Waals surface area contributed by atoms with Crippen LogP contribution in [0.1, 0.15) is 44.2 Å². The highest BCUT2D eigenvalue weighted by Crippen LogP contribution is 2.36. The largest absolute Gasteiger partial charge is 0.383 e. The van der Waals surface area contributed by atoms with Crippen LogP contribution in [0.2, 0.25) is 0 Å². The Morgan fingerprint density at radius 1 is 1.28 bits per heavy atom. The van der Waals surface area contributed by atoms with Gasteiger partial charge in [0.15, 0.2) is 0 Å². The summed E-state index contributed by atoms with van der Waals surface area (Å²) < 4.78 is 32.6.